The minimum Gasteiger partial charge on any atom is -0.490 e. The Morgan fingerprint density at radius 2 is 2.08 bits per heavy atom. The van der Waals surface area contributed by atoms with Crippen LogP contribution in [0.5, 0.6) is 5.75 Å². The third kappa shape index (κ3) is 4.08. The van der Waals surface area contributed by atoms with E-state index in [4.69, 9.17) is 4.74 Å². The van der Waals surface area contributed by atoms with E-state index in [2.05, 4.69) is 19.2 Å². The minimum absolute atomic E-state index is 0.0510. The maximum atomic E-state index is 13.0. The van der Waals surface area contributed by atoms with Gasteiger partial charge in [-0.2, -0.15) is 0 Å². The van der Waals surface area contributed by atoms with Crippen LogP contribution in [0.4, 0.5) is 11.4 Å². The van der Waals surface area contributed by atoms with Crippen molar-refractivity contribution in [2.45, 2.75) is 47.5 Å². The molecule has 0 aliphatic carbocycles. The zero-order chi connectivity index (χ0) is 17.9. The molecule has 0 bridgehead atoms. The largest absolute Gasteiger partial charge is 0.490 e. The van der Waals surface area contributed by atoms with Crippen molar-refractivity contribution in [2.75, 3.05) is 23.4 Å². The number of hydrogen-bond donors (Lipinski definition) is 1. The molecule has 1 aliphatic heterocycles. The van der Waals surface area contributed by atoms with Crippen LogP contribution in [0, 0.1) is 11.3 Å². The molecule has 24 heavy (non-hydrogen) atoms. The second-order valence-corrected chi connectivity index (χ2v) is 7.40. The van der Waals surface area contributed by atoms with E-state index >= 15 is 0 Å². The molecule has 1 N–H and O–H groups in total. The highest BCUT2D eigenvalue weighted by Gasteiger charge is 2.37. The van der Waals surface area contributed by atoms with Crippen LogP contribution in [0.3, 0.4) is 0 Å². The van der Waals surface area contributed by atoms with Gasteiger partial charge < -0.3 is 15.0 Å². The number of rotatable bonds is 5. The first kappa shape index (κ1) is 18.3. The SMILES string of the molecule is CCC(=O)Nc1ccc2c(c1)N(CCC(C)C)C(=O)C(C)(C)CO2. The molecule has 0 aromatic heterocycles. The van der Waals surface area contributed by atoms with Crippen LogP contribution in [0.1, 0.15) is 47.5 Å². The van der Waals surface area contributed by atoms with Gasteiger partial charge in [-0.3, -0.25) is 9.59 Å². The molecule has 2 amide bonds. The summed E-state index contributed by atoms with van der Waals surface area (Å²) in [6.07, 6.45) is 1.32. The zero-order valence-electron chi connectivity index (χ0n) is 15.3. The summed E-state index contributed by atoms with van der Waals surface area (Å²) in [5, 5.41) is 2.85. The molecule has 0 fully saturated rings. The molecule has 0 atom stereocenters. The predicted octanol–water partition coefficient (Wildman–Crippen LogP) is 3.83. The van der Waals surface area contributed by atoms with Crippen molar-refractivity contribution < 1.29 is 14.3 Å². The van der Waals surface area contributed by atoms with Gasteiger partial charge in [-0.1, -0.05) is 20.8 Å². The molecule has 0 unspecified atom stereocenters. The molecule has 132 valence electrons. The molecule has 0 radical (unpaired) electrons. The highest BCUT2D eigenvalue weighted by molar-refractivity contribution is 6.00. The van der Waals surface area contributed by atoms with E-state index in [1.54, 1.807) is 0 Å². The van der Waals surface area contributed by atoms with Gasteiger partial charge in [-0.25, -0.2) is 0 Å². The zero-order valence-corrected chi connectivity index (χ0v) is 15.3. The van der Waals surface area contributed by atoms with Crippen molar-refractivity contribution in [2.24, 2.45) is 11.3 Å². The number of nitrogens with one attached hydrogen (secondary N) is 1. The number of ether oxygens (including phenoxy) is 1. The Balaban J connectivity index is 2.40. The van der Waals surface area contributed by atoms with Gasteiger partial charge in [-0.15, -0.1) is 0 Å². The van der Waals surface area contributed by atoms with E-state index in [1.165, 1.54) is 0 Å². The Kier molecular flexibility index (Phi) is 5.52. The predicted molar refractivity (Wildman–Crippen MR) is 96.4 cm³/mol. The smallest absolute Gasteiger partial charge is 0.236 e. The van der Waals surface area contributed by atoms with Crippen molar-refractivity contribution in [1.82, 2.24) is 0 Å². The Morgan fingerprint density at radius 3 is 2.71 bits per heavy atom. The normalized spacial score (nSPS) is 16.4. The third-order valence-corrected chi connectivity index (χ3v) is 4.20. The number of anilines is 2. The first-order valence-electron chi connectivity index (χ1n) is 8.63. The second-order valence-electron chi connectivity index (χ2n) is 7.40. The fourth-order valence-corrected chi connectivity index (χ4v) is 2.58. The van der Waals surface area contributed by atoms with Crippen molar-refractivity contribution in [3.05, 3.63) is 18.2 Å². The molecule has 0 saturated carbocycles. The molecule has 0 spiro atoms. The third-order valence-electron chi connectivity index (χ3n) is 4.20. The highest BCUT2D eigenvalue weighted by atomic mass is 16.5. The van der Waals surface area contributed by atoms with Gasteiger partial charge in [-0.05, 0) is 44.4 Å². The summed E-state index contributed by atoms with van der Waals surface area (Å²) >= 11 is 0. The first-order chi connectivity index (χ1) is 11.2. The van der Waals surface area contributed by atoms with Gasteiger partial charge in [0.25, 0.3) is 0 Å². The maximum Gasteiger partial charge on any atom is 0.236 e. The number of hydrogen-bond acceptors (Lipinski definition) is 3. The number of carbonyl (C=O) groups excluding carboxylic acids is 2. The lowest BCUT2D eigenvalue weighted by Crippen LogP contribution is -2.42. The molecule has 5 nitrogen and oxygen atoms in total. The van der Waals surface area contributed by atoms with Gasteiger partial charge in [0.15, 0.2) is 0 Å². The summed E-state index contributed by atoms with van der Waals surface area (Å²) in [6, 6.07) is 5.48. The number of benzene rings is 1. The summed E-state index contributed by atoms with van der Waals surface area (Å²) < 4.78 is 5.88. The topological polar surface area (TPSA) is 58.6 Å². The van der Waals surface area contributed by atoms with E-state index in [9.17, 15) is 9.59 Å². The van der Waals surface area contributed by atoms with Crippen LogP contribution >= 0.6 is 0 Å². The average Bonchev–Trinajstić information content (AvgIpc) is 2.61. The van der Waals surface area contributed by atoms with Crippen LogP contribution in [0.2, 0.25) is 0 Å². The van der Waals surface area contributed by atoms with Gasteiger partial charge >= 0.3 is 0 Å². The lowest BCUT2D eigenvalue weighted by molar-refractivity contribution is -0.127. The summed E-state index contributed by atoms with van der Waals surface area (Å²) in [5.74, 6) is 1.19. The fourth-order valence-electron chi connectivity index (χ4n) is 2.58. The van der Waals surface area contributed by atoms with Crippen molar-refractivity contribution in [3.63, 3.8) is 0 Å². The lowest BCUT2D eigenvalue weighted by Gasteiger charge is -2.28. The molecule has 1 aliphatic rings. The molecular weight excluding hydrogens is 304 g/mol. The van der Waals surface area contributed by atoms with Gasteiger partial charge in [0.05, 0.1) is 11.1 Å². The number of carbonyl (C=O) groups is 2. The number of fused-ring (bicyclic) bond motifs is 1. The number of nitrogens with zero attached hydrogens (tertiary/aromatic N) is 1. The van der Waals surface area contributed by atoms with Crippen molar-refractivity contribution >= 4 is 23.2 Å². The number of amides is 2. The molecule has 2 rings (SSSR count). The van der Waals surface area contributed by atoms with Crippen molar-refractivity contribution in [1.29, 1.82) is 0 Å². The van der Waals surface area contributed by atoms with E-state index in [1.807, 2.05) is 43.9 Å². The first-order valence-corrected chi connectivity index (χ1v) is 8.63. The van der Waals surface area contributed by atoms with Gasteiger partial charge in [0, 0.05) is 18.7 Å². The maximum absolute atomic E-state index is 13.0. The molecule has 1 aromatic rings. The molecule has 1 heterocycles. The molecule has 0 saturated heterocycles. The van der Waals surface area contributed by atoms with E-state index in [0.29, 0.717) is 36.9 Å². The minimum atomic E-state index is -0.581. The fraction of sp³-hybridized carbons (Fsp3) is 0.579. The van der Waals surface area contributed by atoms with Crippen LogP contribution < -0.4 is 15.0 Å². The van der Waals surface area contributed by atoms with Gasteiger partial charge in [0.2, 0.25) is 11.8 Å². The Bertz CT molecular complexity index is 623. The summed E-state index contributed by atoms with van der Waals surface area (Å²) in [7, 11) is 0. The lowest BCUT2D eigenvalue weighted by atomic mass is 9.92. The Hall–Kier alpha value is -2.04. The second kappa shape index (κ2) is 7.24. The van der Waals surface area contributed by atoms with E-state index in [-0.39, 0.29) is 11.8 Å². The van der Waals surface area contributed by atoms with E-state index < -0.39 is 5.41 Å². The molecule has 1 aromatic carbocycles. The monoisotopic (exact) mass is 332 g/mol. The summed E-state index contributed by atoms with van der Waals surface area (Å²) in [4.78, 5) is 26.5. The summed E-state index contributed by atoms with van der Waals surface area (Å²) in [6.45, 7) is 10.9. The van der Waals surface area contributed by atoms with E-state index in [0.717, 1.165) is 12.1 Å². The molecule has 5 heteroatoms. The van der Waals surface area contributed by atoms with Crippen LogP contribution in [-0.4, -0.2) is 25.0 Å². The van der Waals surface area contributed by atoms with Crippen LogP contribution in [0.25, 0.3) is 0 Å². The molecular formula is C19H28N2O3. The standard InChI is InChI=1S/C19H28N2O3/c1-6-17(22)20-14-7-8-16-15(11-14)21(10-9-13(2)3)18(23)19(4,5)12-24-16/h7-8,11,13H,6,9-10,12H2,1-5H3,(H,20,22). The highest BCUT2D eigenvalue weighted by Crippen LogP contribution is 2.38. The Labute approximate surface area is 144 Å². The van der Waals surface area contributed by atoms with Crippen LogP contribution in [0.15, 0.2) is 18.2 Å². The van der Waals surface area contributed by atoms with Crippen LogP contribution in [-0.2, 0) is 9.59 Å². The Morgan fingerprint density at radius 1 is 1.38 bits per heavy atom. The van der Waals surface area contributed by atoms with Gasteiger partial charge in [0.1, 0.15) is 12.4 Å². The average molecular weight is 332 g/mol. The quantitative estimate of drug-likeness (QED) is 0.891. The summed E-state index contributed by atoms with van der Waals surface area (Å²) in [5.41, 5.74) is 0.842. The van der Waals surface area contributed by atoms with Crippen molar-refractivity contribution in [3.8, 4) is 5.75 Å².